The number of carbonyl (C=O) groups is 1. The molecule has 28 heavy (non-hydrogen) atoms. The summed E-state index contributed by atoms with van der Waals surface area (Å²) in [5, 5.41) is 0. The Bertz CT molecular complexity index is 852. The Hall–Kier alpha value is -2.76. The highest BCUT2D eigenvalue weighted by atomic mass is 16.6. The lowest BCUT2D eigenvalue weighted by atomic mass is 10.0. The molecule has 2 heterocycles. The molecule has 0 saturated carbocycles. The predicted octanol–water partition coefficient (Wildman–Crippen LogP) is 5.34. The third-order valence-corrected chi connectivity index (χ3v) is 4.22. The lowest BCUT2D eigenvalue weighted by Crippen LogP contribution is -2.50. The summed E-state index contributed by atoms with van der Waals surface area (Å²) in [6.07, 6.45) is 0.815. The minimum atomic E-state index is -0.587. The van der Waals surface area contributed by atoms with Crippen LogP contribution in [0, 0.1) is 0 Å². The fourth-order valence-electron chi connectivity index (χ4n) is 2.92. The second kappa shape index (κ2) is 7.34. The van der Waals surface area contributed by atoms with E-state index < -0.39 is 17.2 Å². The van der Waals surface area contributed by atoms with Crippen LogP contribution in [0.4, 0.5) is 4.79 Å². The first kappa shape index (κ1) is 20.0. The molecule has 0 fully saturated rings. The maximum absolute atomic E-state index is 12.9. The summed E-state index contributed by atoms with van der Waals surface area (Å²) in [6, 6.07) is 11.2. The van der Waals surface area contributed by atoms with Crippen molar-refractivity contribution >= 4 is 6.09 Å². The largest absolute Gasteiger partial charge is 0.478 e. The molecule has 0 spiro atoms. The summed E-state index contributed by atoms with van der Waals surface area (Å²) in [6.45, 7) is 11.8. The topological polar surface area (TPSA) is 60.9 Å². The molecular formula is C22H28N2O4. The van der Waals surface area contributed by atoms with E-state index >= 15 is 0 Å². The van der Waals surface area contributed by atoms with Crippen molar-refractivity contribution in [3.8, 4) is 17.2 Å². The fraction of sp³-hybridized carbons (Fsp3) is 0.455. The minimum absolute atomic E-state index is 0.278. The Kier molecular flexibility index (Phi) is 5.24. The number of pyridine rings is 1. The van der Waals surface area contributed by atoms with Crippen LogP contribution >= 0.6 is 0 Å². The maximum Gasteiger partial charge on any atom is 0.410 e. The second-order valence-corrected chi connectivity index (χ2v) is 8.80. The van der Waals surface area contributed by atoms with Gasteiger partial charge in [0.05, 0.1) is 6.54 Å². The van der Waals surface area contributed by atoms with Gasteiger partial charge in [-0.1, -0.05) is 12.1 Å². The molecule has 1 atom stereocenters. The first-order valence-corrected chi connectivity index (χ1v) is 9.44. The van der Waals surface area contributed by atoms with Crippen LogP contribution in [0.25, 0.3) is 0 Å². The van der Waals surface area contributed by atoms with Crippen molar-refractivity contribution in [2.45, 2.75) is 58.8 Å². The molecule has 0 bridgehead atoms. The van der Waals surface area contributed by atoms with Crippen LogP contribution in [0.15, 0.2) is 42.6 Å². The van der Waals surface area contributed by atoms with Crippen molar-refractivity contribution in [2.75, 3.05) is 6.54 Å². The molecule has 1 unspecified atom stereocenters. The zero-order valence-electron chi connectivity index (χ0n) is 17.4. The Balaban J connectivity index is 1.97. The van der Waals surface area contributed by atoms with Crippen molar-refractivity contribution < 1.29 is 19.0 Å². The normalized spacial score (nSPS) is 16.0. The van der Waals surface area contributed by atoms with Gasteiger partial charge in [0.25, 0.3) is 0 Å². The van der Waals surface area contributed by atoms with Gasteiger partial charge >= 0.3 is 6.09 Å². The number of ether oxygens (including phenoxy) is 3. The van der Waals surface area contributed by atoms with Crippen molar-refractivity contribution in [2.24, 2.45) is 0 Å². The monoisotopic (exact) mass is 384 g/mol. The van der Waals surface area contributed by atoms with Gasteiger partial charge in [-0.2, -0.15) is 0 Å². The number of hydrogen-bond donors (Lipinski definition) is 0. The molecule has 1 aliphatic heterocycles. The Labute approximate surface area is 166 Å². The number of aromatic nitrogens is 1. The van der Waals surface area contributed by atoms with E-state index in [9.17, 15) is 4.79 Å². The first-order chi connectivity index (χ1) is 13.0. The van der Waals surface area contributed by atoms with Crippen LogP contribution in [0.5, 0.6) is 17.2 Å². The zero-order chi connectivity index (χ0) is 20.5. The molecule has 1 aliphatic rings. The Morgan fingerprint density at radius 2 is 1.68 bits per heavy atom. The summed E-state index contributed by atoms with van der Waals surface area (Å²) < 4.78 is 17.9. The van der Waals surface area contributed by atoms with Gasteiger partial charge in [0.1, 0.15) is 11.3 Å². The second-order valence-electron chi connectivity index (χ2n) is 8.80. The van der Waals surface area contributed by atoms with Crippen molar-refractivity contribution in [3.05, 3.63) is 48.3 Å². The van der Waals surface area contributed by atoms with Crippen LogP contribution in [-0.2, 0) is 4.74 Å². The molecule has 6 heteroatoms. The molecule has 1 aromatic carbocycles. The molecule has 0 radical (unpaired) electrons. The highest BCUT2D eigenvalue weighted by molar-refractivity contribution is 5.69. The van der Waals surface area contributed by atoms with Crippen molar-refractivity contribution in [1.82, 2.24) is 9.88 Å². The van der Waals surface area contributed by atoms with E-state index in [1.54, 1.807) is 11.1 Å². The van der Waals surface area contributed by atoms with E-state index in [-0.39, 0.29) is 12.6 Å². The lowest BCUT2D eigenvalue weighted by Gasteiger charge is -2.38. The number of benzene rings is 1. The van der Waals surface area contributed by atoms with Crippen molar-refractivity contribution in [1.29, 1.82) is 0 Å². The van der Waals surface area contributed by atoms with Gasteiger partial charge in [-0.25, -0.2) is 4.79 Å². The third-order valence-electron chi connectivity index (χ3n) is 4.22. The fourth-order valence-corrected chi connectivity index (χ4v) is 2.92. The Morgan fingerprint density at radius 1 is 1.04 bits per heavy atom. The van der Waals surface area contributed by atoms with Gasteiger partial charge in [0.15, 0.2) is 23.4 Å². The first-order valence-electron chi connectivity index (χ1n) is 9.44. The van der Waals surface area contributed by atoms with Crippen LogP contribution < -0.4 is 9.47 Å². The summed E-state index contributed by atoms with van der Waals surface area (Å²) in [5.74, 6) is 1.86. The molecule has 1 aromatic heterocycles. The number of para-hydroxylation sites is 2. The predicted molar refractivity (Wildman–Crippen MR) is 107 cm³/mol. The summed E-state index contributed by atoms with van der Waals surface area (Å²) in [5.41, 5.74) is -0.402. The molecule has 6 nitrogen and oxygen atoms in total. The average Bonchev–Trinajstić information content (AvgIpc) is 2.73. The standard InChI is InChI=1S/C22H28N2O4/c1-21(2,3)24(20(25)28-22(4,5)6)14-18-19-17(12-9-13-23-19)26-15-10-7-8-11-16(15)27-18/h7-13,18H,14H2,1-6H3. The van der Waals surface area contributed by atoms with E-state index in [1.165, 1.54) is 0 Å². The zero-order valence-corrected chi connectivity index (χ0v) is 17.4. The van der Waals surface area contributed by atoms with Gasteiger partial charge < -0.3 is 14.2 Å². The quantitative estimate of drug-likeness (QED) is 0.699. The summed E-state index contributed by atoms with van der Waals surface area (Å²) >= 11 is 0. The lowest BCUT2D eigenvalue weighted by molar-refractivity contribution is -0.00515. The van der Waals surface area contributed by atoms with E-state index in [4.69, 9.17) is 14.2 Å². The molecule has 0 saturated heterocycles. The number of carbonyl (C=O) groups excluding carboxylic acids is 1. The number of hydrogen-bond acceptors (Lipinski definition) is 5. The molecule has 0 N–H and O–H groups in total. The SMILES string of the molecule is CC(C)(C)OC(=O)N(CC1Oc2ccccc2Oc2cccnc21)C(C)(C)C. The molecule has 2 aromatic rings. The Morgan fingerprint density at radius 3 is 2.32 bits per heavy atom. The molecule has 150 valence electrons. The highest BCUT2D eigenvalue weighted by Crippen LogP contribution is 2.41. The molecule has 1 amide bonds. The molecule has 0 aliphatic carbocycles. The van der Waals surface area contributed by atoms with Crippen LogP contribution in [0.3, 0.4) is 0 Å². The smallest absolute Gasteiger partial charge is 0.410 e. The van der Waals surface area contributed by atoms with Crippen LogP contribution in [0.1, 0.15) is 53.3 Å². The van der Waals surface area contributed by atoms with Gasteiger partial charge in [0, 0.05) is 11.7 Å². The number of nitrogens with zero attached hydrogens (tertiary/aromatic N) is 2. The number of amides is 1. The van der Waals surface area contributed by atoms with Gasteiger partial charge in [-0.05, 0) is 65.8 Å². The summed E-state index contributed by atoms with van der Waals surface area (Å²) in [4.78, 5) is 19.1. The van der Waals surface area contributed by atoms with E-state index in [0.29, 0.717) is 22.9 Å². The van der Waals surface area contributed by atoms with Crippen LogP contribution in [0.2, 0.25) is 0 Å². The summed E-state index contributed by atoms with van der Waals surface area (Å²) in [7, 11) is 0. The van der Waals surface area contributed by atoms with Gasteiger partial charge in [0.2, 0.25) is 0 Å². The van der Waals surface area contributed by atoms with E-state index in [0.717, 1.165) is 0 Å². The average molecular weight is 384 g/mol. The van der Waals surface area contributed by atoms with Gasteiger partial charge in [-0.15, -0.1) is 0 Å². The van der Waals surface area contributed by atoms with Crippen LogP contribution in [-0.4, -0.2) is 33.7 Å². The van der Waals surface area contributed by atoms with Gasteiger partial charge in [-0.3, -0.25) is 9.88 Å². The number of fused-ring (bicyclic) bond motifs is 2. The molecule has 3 rings (SSSR count). The minimum Gasteiger partial charge on any atom is -0.478 e. The third kappa shape index (κ3) is 4.55. The van der Waals surface area contributed by atoms with E-state index in [2.05, 4.69) is 4.98 Å². The van der Waals surface area contributed by atoms with E-state index in [1.807, 2.05) is 77.9 Å². The van der Waals surface area contributed by atoms with Crippen molar-refractivity contribution in [3.63, 3.8) is 0 Å². The maximum atomic E-state index is 12.9. The number of rotatable bonds is 2. The highest BCUT2D eigenvalue weighted by Gasteiger charge is 2.36. The molecular weight excluding hydrogens is 356 g/mol.